The third-order valence-corrected chi connectivity index (χ3v) is 8.73. The fourth-order valence-corrected chi connectivity index (χ4v) is 7.54. The molecule has 0 aromatic heterocycles. The summed E-state index contributed by atoms with van der Waals surface area (Å²) in [4.78, 5) is 0. The molecule has 4 fully saturated rings. The molecule has 4 rings (SSSR count). The maximum absolute atomic E-state index is 4.75. The first-order chi connectivity index (χ1) is 17.7. The Bertz CT molecular complexity index is 601. The van der Waals surface area contributed by atoms with Gasteiger partial charge in [-0.2, -0.15) is 0 Å². The largest absolute Gasteiger partial charge is 2.00 e. The Morgan fingerprint density at radius 2 is 0.356 bits per heavy atom. The van der Waals surface area contributed by atoms with Gasteiger partial charge in [0.15, 0.2) is 0 Å². The van der Waals surface area contributed by atoms with Crippen LogP contribution in [0.25, 0.3) is 21.3 Å². The second kappa shape index (κ2) is 22.0. The quantitative estimate of drug-likeness (QED) is 0.263. The first-order valence-electron chi connectivity index (χ1n) is 16.6. The maximum atomic E-state index is 4.75. The van der Waals surface area contributed by atoms with Gasteiger partial charge in [-0.1, -0.05) is 188 Å². The predicted molar refractivity (Wildman–Crippen MR) is 182 cm³/mol. The van der Waals surface area contributed by atoms with E-state index in [1.54, 1.807) is 0 Å². The molecule has 2 radical (unpaired) electrons. The second-order valence-corrected chi connectivity index (χ2v) is 18.4. The molecule has 0 N–H and O–H groups in total. The standard InChI is InChI=1S/4C9H18N.2Mn.2Na.O/c4*1-8(2)6-5-7-9(3,4)10-8;;;;;/h4*5-7H2,1-4H3;;;;;/q4*-1;2*+2;2*+1;-2. The van der Waals surface area contributed by atoms with Gasteiger partial charge in [0.2, 0.25) is 0 Å². The third kappa shape index (κ3) is 27.2. The molecule has 0 aromatic rings. The Morgan fingerprint density at radius 3 is 0.400 bits per heavy atom. The van der Waals surface area contributed by atoms with E-state index < -0.39 is 0 Å². The maximum Gasteiger partial charge on any atom is 2.00 e. The summed E-state index contributed by atoms with van der Waals surface area (Å²) >= 11 is 0. The molecule has 0 spiro atoms. The van der Waals surface area contributed by atoms with E-state index >= 15 is 0 Å². The van der Waals surface area contributed by atoms with Gasteiger partial charge in [-0.05, 0) is 0 Å². The number of nitrogens with zero attached hydrogens (tertiary/aromatic N) is 4. The summed E-state index contributed by atoms with van der Waals surface area (Å²) in [7, 11) is 0. The van der Waals surface area contributed by atoms with Crippen LogP contribution in [0.5, 0.6) is 0 Å². The van der Waals surface area contributed by atoms with Crippen LogP contribution in [0.3, 0.4) is 0 Å². The Labute approximate surface area is 348 Å². The van der Waals surface area contributed by atoms with Crippen molar-refractivity contribution in [1.29, 1.82) is 0 Å². The van der Waals surface area contributed by atoms with Gasteiger partial charge in [0.05, 0.1) is 0 Å². The summed E-state index contributed by atoms with van der Waals surface area (Å²) in [6, 6.07) is 0. The summed E-state index contributed by atoms with van der Waals surface area (Å²) in [6.45, 7) is 35.7. The number of piperidine rings is 4. The molecule has 4 saturated heterocycles. The van der Waals surface area contributed by atoms with Crippen LogP contribution >= 0.6 is 0 Å². The number of hydrogen-bond acceptors (Lipinski definition) is 0. The van der Waals surface area contributed by atoms with Crippen molar-refractivity contribution in [3.63, 3.8) is 0 Å². The van der Waals surface area contributed by atoms with Gasteiger partial charge in [0.1, 0.15) is 0 Å². The van der Waals surface area contributed by atoms with Crippen LogP contribution in [0, 0.1) is 0 Å². The Balaban J connectivity index is -0.000000152. The van der Waals surface area contributed by atoms with Crippen molar-refractivity contribution in [3.8, 4) is 0 Å². The molecule has 258 valence electrons. The molecule has 5 nitrogen and oxygen atoms in total. The second-order valence-electron chi connectivity index (χ2n) is 18.4. The van der Waals surface area contributed by atoms with E-state index in [2.05, 4.69) is 111 Å². The van der Waals surface area contributed by atoms with Crippen LogP contribution in [0.4, 0.5) is 0 Å². The molecule has 0 atom stereocenters. The topological polar surface area (TPSA) is 84.9 Å². The SMILES string of the molecule is CC1(C)CCCC(C)(C)[N-]1.CC1(C)CCCC(C)(C)[N-]1.CC1(C)CCCC(C)(C)[N-]1.CC1(C)CCCC(C)(C)[N-]1.[Mn+2].[Mn+2].[Na+].[Na+].[O-2]. The first kappa shape index (κ1) is 57.2. The molecule has 4 aliphatic heterocycles. The van der Waals surface area contributed by atoms with E-state index in [-0.39, 0.29) is 143 Å². The monoisotopic (exact) mass is 732 g/mol. The van der Waals surface area contributed by atoms with Crippen LogP contribution in [-0.4, -0.2) is 44.3 Å². The minimum atomic E-state index is 0. The predicted octanol–water partition coefficient (Wildman–Crippen LogP) is 6.29. The minimum Gasteiger partial charge on any atom is -2.00 e. The minimum absolute atomic E-state index is 0. The van der Waals surface area contributed by atoms with Crippen LogP contribution in [0.2, 0.25) is 0 Å². The van der Waals surface area contributed by atoms with Crippen LogP contribution in [-0.2, 0) is 39.6 Å². The summed E-state index contributed by atoms with van der Waals surface area (Å²) in [5.41, 5.74) is 1.90. The van der Waals surface area contributed by atoms with Gasteiger partial charge >= 0.3 is 93.3 Å². The summed E-state index contributed by atoms with van der Waals surface area (Å²) < 4.78 is 0. The molecule has 0 aromatic carbocycles. The summed E-state index contributed by atoms with van der Waals surface area (Å²) in [5.74, 6) is 0. The molecule has 4 heterocycles. The average Bonchev–Trinajstić information content (AvgIpc) is 2.61. The Kier molecular flexibility index (Phi) is 28.0. The van der Waals surface area contributed by atoms with Gasteiger partial charge < -0.3 is 26.7 Å². The van der Waals surface area contributed by atoms with Gasteiger partial charge in [0.25, 0.3) is 0 Å². The molecule has 0 aliphatic carbocycles. The van der Waals surface area contributed by atoms with Crippen molar-refractivity contribution < 1.29 is 98.7 Å². The van der Waals surface area contributed by atoms with E-state index in [0.29, 0.717) is 0 Å². The van der Waals surface area contributed by atoms with E-state index in [0.717, 1.165) is 0 Å². The van der Waals surface area contributed by atoms with E-state index in [1.807, 2.05) is 0 Å². The van der Waals surface area contributed by atoms with Crippen molar-refractivity contribution in [1.82, 2.24) is 0 Å². The third-order valence-electron chi connectivity index (χ3n) is 8.73. The zero-order valence-electron chi connectivity index (χ0n) is 33.4. The molecule has 0 unspecified atom stereocenters. The van der Waals surface area contributed by atoms with Gasteiger partial charge in [-0.15, -0.1) is 44.3 Å². The number of rotatable bonds is 0. The average molecular weight is 733 g/mol. The Hall–Kier alpha value is 2.84. The molecule has 45 heavy (non-hydrogen) atoms. The zero-order valence-corrected chi connectivity index (χ0v) is 39.8. The molecular formula is C36H72Mn2N4Na2O. The molecule has 0 bridgehead atoms. The summed E-state index contributed by atoms with van der Waals surface area (Å²) in [5, 5.41) is 19.0. The molecule has 0 amide bonds. The van der Waals surface area contributed by atoms with Crippen molar-refractivity contribution in [3.05, 3.63) is 21.3 Å². The van der Waals surface area contributed by atoms with Crippen LogP contribution in [0.1, 0.15) is 188 Å². The molecule has 9 heteroatoms. The Morgan fingerprint density at radius 1 is 0.267 bits per heavy atom. The fourth-order valence-electron chi connectivity index (χ4n) is 7.54. The van der Waals surface area contributed by atoms with Crippen molar-refractivity contribution >= 4 is 0 Å². The summed E-state index contributed by atoms with van der Waals surface area (Å²) in [6.07, 6.45) is 15.4. The van der Waals surface area contributed by atoms with Crippen molar-refractivity contribution in [2.24, 2.45) is 0 Å². The van der Waals surface area contributed by atoms with Gasteiger partial charge in [-0.25, -0.2) is 0 Å². The normalized spacial score (nSPS) is 26.7. The zero-order chi connectivity index (χ0) is 31.3. The van der Waals surface area contributed by atoms with Gasteiger partial charge in [0, 0.05) is 0 Å². The van der Waals surface area contributed by atoms with Crippen LogP contribution in [0.15, 0.2) is 0 Å². The van der Waals surface area contributed by atoms with E-state index in [9.17, 15) is 0 Å². The molecule has 0 saturated carbocycles. The number of hydrogen-bond donors (Lipinski definition) is 0. The van der Waals surface area contributed by atoms with E-state index in [4.69, 9.17) is 21.3 Å². The molecular weight excluding hydrogens is 660 g/mol. The fraction of sp³-hybridized carbons (Fsp3) is 1.00. The van der Waals surface area contributed by atoms with Gasteiger partial charge in [-0.3, -0.25) is 0 Å². The van der Waals surface area contributed by atoms with E-state index in [1.165, 1.54) is 77.0 Å². The smallest absolute Gasteiger partial charge is 2.00 e. The van der Waals surface area contributed by atoms with Crippen molar-refractivity contribution in [2.75, 3.05) is 0 Å². The first-order valence-corrected chi connectivity index (χ1v) is 16.6. The van der Waals surface area contributed by atoms with Crippen molar-refractivity contribution in [2.45, 2.75) is 232 Å². The van der Waals surface area contributed by atoms with Crippen LogP contribution < -0.4 is 59.1 Å². The molecule has 4 aliphatic rings.